The van der Waals surface area contributed by atoms with E-state index in [0.717, 1.165) is 93.2 Å². The first-order chi connectivity index (χ1) is 24.3. The predicted octanol–water partition coefficient (Wildman–Crippen LogP) is 9.28. The summed E-state index contributed by atoms with van der Waals surface area (Å²) in [5, 5.41) is 7.92. The van der Waals surface area contributed by atoms with Gasteiger partial charge < -0.3 is 8.92 Å². The van der Waals surface area contributed by atoms with Crippen LogP contribution in [0.5, 0.6) is 0 Å². The third-order valence-corrected chi connectivity index (χ3v) is 15.9. The fraction of sp³-hybridized carbons (Fsp3) is 0.462. The van der Waals surface area contributed by atoms with Gasteiger partial charge in [0.2, 0.25) is 0 Å². The van der Waals surface area contributed by atoms with E-state index in [4.69, 9.17) is 30.6 Å². The van der Waals surface area contributed by atoms with E-state index in [9.17, 15) is 9.32 Å². The van der Waals surface area contributed by atoms with Crippen LogP contribution < -0.4 is 0 Å². The summed E-state index contributed by atoms with van der Waals surface area (Å²) in [6.45, 7) is 13.7. The smallest absolute Gasteiger partial charge is 0.353 e. The van der Waals surface area contributed by atoms with Gasteiger partial charge in [0, 0.05) is 36.7 Å². The molecule has 0 unspecified atom stereocenters. The number of aryl methyl sites for hydroxylation is 1. The Morgan fingerprint density at radius 1 is 1.08 bits per heavy atom. The molecule has 0 N–H and O–H groups in total. The topological polar surface area (TPSA) is 78.7 Å². The summed E-state index contributed by atoms with van der Waals surface area (Å²) in [4.78, 5) is 23.5. The molecular weight excluding hydrogens is 707 g/mol. The number of likely N-dealkylation sites (tertiary alicyclic amines) is 1. The number of hydrogen-bond donors (Lipinski definition) is 0. The fourth-order valence-corrected chi connectivity index (χ4v) is 9.08. The van der Waals surface area contributed by atoms with Crippen molar-refractivity contribution in [1.29, 1.82) is 0 Å². The SMILES string of the molecule is Cc1cc2nc(-c3ccc4c(c3)c(C3CCN(C5COC5)CC3)nn4CCOS(C)(C)C(C)(C)C)sc2c(-c2ccc(Cl)cc2)c1CC(=O)OF. The van der Waals surface area contributed by atoms with Crippen molar-refractivity contribution in [2.75, 3.05) is 45.4 Å². The van der Waals surface area contributed by atoms with Gasteiger partial charge in [0.05, 0.1) is 60.3 Å². The summed E-state index contributed by atoms with van der Waals surface area (Å²) in [5.41, 5.74) is 7.34. The van der Waals surface area contributed by atoms with Gasteiger partial charge in [-0.1, -0.05) is 44.5 Å². The Morgan fingerprint density at radius 3 is 2.43 bits per heavy atom. The maximum absolute atomic E-state index is 13.0. The molecule has 0 aliphatic carbocycles. The summed E-state index contributed by atoms with van der Waals surface area (Å²) in [7, 11) is -1.26. The number of thiazole rings is 1. The molecule has 2 aromatic heterocycles. The quantitative estimate of drug-likeness (QED) is 0.141. The van der Waals surface area contributed by atoms with Gasteiger partial charge in [-0.05, 0) is 98.5 Å². The molecule has 2 fully saturated rings. The van der Waals surface area contributed by atoms with Crippen LogP contribution in [-0.4, -0.2) is 81.8 Å². The average Bonchev–Trinajstić information content (AvgIpc) is 3.65. The zero-order valence-electron chi connectivity index (χ0n) is 30.1. The second-order valence-corrected chi connectivity index (χ2v) is 20.4. The highest BCUT2D eigenvalue weighted by molar-refractivity contribution is 8.29. The second kappa shape index (κ2) is 14.4. The molecule has 0 saturated carbocycles. The predicted molar refractivity (Wildman–Crippen MR) is 208 cm³/mol. The highest BCUT2D eigenvalue weighted by atomic mass is 35.5. The Balaban J connectivity index is 1.28. The van der Waals surface area contributed by atoms with Gasteiger partial charge in [0.1, 0.15) is 5.01 Å². The molecule has 0 radical (unpaired) electrons. The molecule has 5 aromatic rings. The van der Waals surface area contributed by atoms with Crippen LogP contribution in [0.2, 0.25) is 5.02 Å². The number of nitrogens with zero attached hydrogens (tertiary/aromatic N) is 4. The van der Waals surface area contributed by atoms with Crippen LogP contribution in [0.25, 0.3) is 42.8 Å². The van der Waals surface area contributed by atoms with Crippen LogP contribution in [0, 0.1) is 6.92 Å². The Hall–Kier alpha value is -3.06. The number of halogens is 2. The van der Waals surface area contributed by atoms with E-state index in [-0.39, 0.29) is 11.2 Å². The Kier molecular flexibility index (Phi) is 10.3. The second-order valence-electron chi connectivity index (χ2n) is 15.1. The molecule has 8 nitrogen and oxygen atoms in total. The van der Waals surface area contributed by atoms with Crippen LogP contribution in [0.4, 0.5) is 4.53 Å². The van der Waals surface area contributed by atoms with Crippen LogP contribution in [-0.2, 0) is 31.6 Å². The van der Waals surface area contributed by atoms with E-state index in [2.05, 4.69) is 66.0 Å². The summed E-state index contributed by atoms with van der Waals surface area (Å²) in [6, 6.07) is 16.5. The lowest BCUT2D eigenvalue weighted by atomic mass is 9.90. The molecule has 272 valence electrons. The third-order valence-electron chi connectivity index (χ3n) is 10.8. The summed E-state index contributed by atoms with van der Waals surface area (Å²) in [6.07, 6.45) is 6.39. The maximum Gasteiger partial charge on any atom is 0.353 e. The highest BCUT2D eigenvalue weighted by Crippen LogP contribution is 2.53. The minimum absolute atomic E-state index is 0.0826. The van der Waals surface area contributed by atoms with E-state index < -0.39 is 16.3 Å². The Bertz CT molecular complexity index is 2060. The molecule has 2 saturated heterocycles. The zero-order valence-corrected chi connectivity index (χ0v) is 32.5. The molecule has 2 aliphatic heterocycles. The van der Waals surface area contributed by atoms with Crippen molar-refractivity contribution in [2.24, 2.45) is 0 Å². The minimum atomic E-state index is -1.26. The van der Waals surface area contributed by atoms with Crippen molar-refractivity contribution >= 4 is 60.3 Å². The lowest BCUT2D eigenvalue weighted by Gasteiger charge is -2.43. The molecule has 3 aromatic carbocycles. The van der Waals surface area contributed by atoms with Crippen molar-refractivity contribution < 1.29 is 23.2 Å². The van der Waals surface area contributed by atoms with Crippen molar-refractivity contribution in [1.82, 2.24) is 19.7 Å². The van der Waals surface area contributed by atoms with Crippen molar-refractivity contribution in [3.63, 3.8) is 0 Å². The fourth-order valence-electron chi connectivity index (χ4n) is 6.97. The normalized spacial score (nSPS) is 16.9. The van der Waals surface area contributed by atoms with Crippen molar-refractivity contribution in [2.45, 2.75) is 70.2 Å². The summed E-state index contributed by atoms with van der Waals surface area (Å²) < 4.78 is 28.1. The van der Waals surface area contributed by atoms with E-state index in [1.54, 1.807) is 11.3 Å². The van der Waals surface area contributed by atoms with Gasteiger partial charge >= 0.3 is 5.97 Å². The lowest BCUT2D eigenvalue weighted by Crippen LogP contribution is -2.51. The number of carbonyl (C=O) groups is 1. The van der Waals surface area contributed by atoms with Crippen LogP contribution in [0.3, 0.4) is 0 Å². The number of benzene rings is 3. The maximum atomic E-state index is 13.0. The number of carbonyl (C=O) groups excluding carboxylic acids is 1. The molecule has 0 spiro atoms. The van der Waals surface area contributed by atoms with E-state index in [1.807, 2.05) is 37.3 Å². The van der Waals surface area contributed by atoms with E-state index >= 15 is 0 Å². The average molecular weight is 753 g/mol. The standard InChI is InChI=1S/C39H46ClFN4O4S2/c1-24-19-32-37(35(30(24)21-34(46)49-41)25-7-10-28(40)11-8-25)50-38(42-32)27-9-12-33-31(20-27)36(26-13-15-44(16-14-26)29-22-47-23-29)43-45(33)17-18-48-51(5,6)39(2,3)4/h7-12,19-20,26,29H,13-18,21-23H2,1-6H3. The molecule has 12 heteroatoms. The minimum Gasteiger partial charge on any atom is -0.378 e. The van der Waals surface area contributed by atoms with Crippen LogP contribution >= 0.6 is 33.2 Å². The Morgan fingerprint density at radius 2 is 1.78 bits per heavy atom. The van der Waals surface area contributed by atoms with Crippen LogP contribution in [0.15, 0.2) is 48.5 Å². The molecule has 4 heterocycles. The highest BCUT2D eigenvalue weighted by Gasteiger charge is 2.33. The number of ether oxygens (including phenoxy) is 1. The number of aromatic nitrogens is 3. The molecule has 0 atom stereocenters. The molecule has 51 heavy (non-hydrogen) atoms. The first-order valence-electron chi connectivity index (χ1n) is 17.5. The molecular formula is C39H46ClFN4O4S2. The lowest BCUT2D eigenvalue weighted by molar-refractivity contribution is -0.182. The van der Waals surface area contributed by atoms with Gasteiger partial charge in [-0.3, -0.25) is 14.5 Å². The zero-order chi connectivity index (χ0) is 36.1. The van der Waals surface area contributed by atoms with E-state index in [1.165, 1.54) is 0 Å². The molecule has 7 rings (SSSR count). The van der Waals surface area contributed by atoms with Crippen molar-refractivity contribution in [3.8, 4) is 21.7 Å². The van der Waals surface area contributed by atoms with E-state index in [0.29, 0.717) is 35.7 Å². The van der Waals surface area contributed by atoms with Gasteiger partial charge in [-0.15, -0.1) is 21.6 Å². The molecule has 0 amide bonds. The largest absolute Gasteiger partial charge is 0.378 e. The summed E-state index contributed by atoms with van der Waals surface area (Å²) in [5.74, 6) is -0.584. The Labute approximate surface area is 309 Å². The number of piperidine rings is 1. The number of fused-ring (bicyclic) bond motifs is 2. The first-order valence-corrected chi connectivity index (χ1v) is 21.1. The number of hydrogen-bond acceptors (Lipinski definition) is 8. The third kappa shape index (κ3) is 7.30. The van der Waals surface area contributed by atoms with Crippen LogP contribution in [0.1, 0.15) is 56.4 Å². The molecule has 0 bridgehead atoms. The number of rotatable bonds is 10. The first kappa shape index (κ1) is 36.3. The monoisotopic (exact) mass is 752 g/mol. The molecule has 2 aliphatic rings. The van der Waals surface area contributed by atoms with Gasteiger partial charge in [0.25, 0.3) is 0 Å². The van der Waals surface area contributed by atoms with Gasteiger partial charge in [0.15, 0.2) is 0 Å². The summed E-state index contributed by atoms with van der Waals surface area (Å²) >= 11 is 7.81. The van der Waals surface area contributed by atoms with Gasteiger partial charge in [-0.2, -0.15) is 5.10 Å². The van der Waals surface area contributed by atoms with Crippen molar-refractivity contribution in [3.05, 3.63) is 70.4 Å². The van der Waals surface area contributed by atoms with Gasteiger partial charge in [-0.25, -0.2) is 9.78 Å².